The topological polar surface area (TPSA) is 39.1 Å². The summed E-state index contributed by atoms with van der Waals surface area (Å²) in [6.45, 7) is 0. The number of aromatic nitrogens is 1. The molecule has 0 saturated heterocycles. The van der Waals surface area contributed by atoms with E-state index in [1.807, 2.05) is 18.2 Å². The fraction of sp³-hybridized carbons (Fsp3) is 0.231. The van der Waals surface area contributed by atoms with Crippen LogP contribution in [0.2, 0.25) is 0 Å². The minimum absolute atomic E-state index is 0.0831. The normalized spacial score (nSPS) is 15.1. The third kappa shape index (κ3) is 1.72. The van der Waals surface area contributed by atoms with Crippen molar-refractivity contribution in [3.8, 4) is 0 Å². The lowest BCUT2D eigenvalue weighted by molar-refractivity contribution is 0.112. The first-order chi connectivity index (χ1) is 8.20. The Balaban J connectivity index is 2.46. The zero-order valence-electron chi connectivity index (χ0n) is 9.02. The van der Waals surface area contributed by atoms with Gasteiger partial charge in [-0.05, 0) is 25.0 Å². The van der Waals surface area contributed by atoms with Crippen LogP contribution in [0.3, 0.4) is 0 Å². The number of aldehydes is 1. The Hall–Kier alpha value is -1.42. The molecule has 0 atom stereocenters. The Morgan fingerprint density at radius 2 is 2.06 bits per heavy atom. The molecule has 1 aromatic heterocycles. The molecule has 17 heavy (non-hydrogen) atoms. The van der Waals surface area contributed by atoms with Crippen LogP contribution < -0.4 is 5.56 Å². The van der Waals surface area contributed by atoms with Crippen LogP contribution in [0.4, 0.5) is 0 Å². The van der Waals surface area contributed by atoms with Gasteiger partial charge in [-0.1, -0.05) is 22.0 Å². The van der Waals surface area contributed by atoms with Crippen molar-refractivity contribution in [3.63, 3.8) is 0 Å². The van der Waals surface area contributed by atoms with E-state index in [1.165, 1.54) is 6.07 Å². The lowest BCUT2D eigenvalue weighted by atomic mass is 10.1. The van der Waals surface area contributed by atoms with E-state index >= 15 is 0 Å². The van der Waals surface area contributed by atoms with E-state index < -0.39 is 0 Å². The molecular weight excluding hydrogens is 282 g/mol. The summed E-state index contributed by atoms with van der Waals surface area (Å²) in [7, 11) is 0. The predicted molar refractivity (Wildman–Crippen MR) is 69.6 cm³/mol. The van der Waals surface area contributed by atoms with Crippen LogP contribution in [-0.4, -0.2) is 10.9 Å². The summed E-state index contributed by atoms with van der Waals surface area (Å²) < 4.78 is 2.72. The molecule has 1 aliphatic rings. The first kappa shape index (κ1) is 10.7. The maximum absolute atomic E-state index is 12.0. The molecule has 1 fully saturated rings. The van der Waals surface area contributed by atoms with E-state index in [0.29, 0.717) is 11.6 Å². The number of halogens is 1. The predicted octanol–water partition coefficient (Wildman–Crippen LogP) is 2.91. The summed E-state index contributed by atoms with van der Waals surface area (Å²) in [6.07, 6.45) is 2.83. The van der Waals surface area contributed by atoms with E-state index in [0.717, 1.165) is 34.5 Å². The van der Waals surface area contributed by atoms with Crippen molar-refractivity contribution < 1.29 is 4.79 Å². The third-order valence-corrected chi connectivity index (χ3v) is 3.58. The molecule has 0 aliphatic heterocycles. The molecule has 3 nitrogen and oxygen atoms in total. The van der Waals surface area contributed by atoms with Crippen molar-refractivity contribution in [3.05, 3.63) is 44.7 Å². The number of carbonyl (C=O) groups excluding carboxylic acids is 1. The standard InChI is InChI=1S/C13H10BrNO2/c14-9-1-4-11-8(7-16)5-13(17)15(10-2-3-10)12(11)6-9/h1,4-7,10H,2-3H2. The second-order valence-electron chi connectivity index (χ2n) is 4.32. The van der Waals surface area contributed by atoms with Gasteiger partial charge in [-0.2, -0.15) is 0 Å². The summed E-state index contributed by atoms with van der Waals surface area (Å²) in [6, 6.07) is 7.40. The van der Waals surface area contributed by atoms with Gasteiger partial charge in [0.25, 0.3) is 5.56 Å². The second-order valence-corrected chi connectivity index (χ2v) is 5.23. The van der Waals surface area contributed by atoms with Crippen LogP contribution in [-0.2, 0) is 0 Å². The third-order valence-electron chi connectivity index (χ3n) is 3.09. The van der Waals surface area contributed by atoms with Crippen molar-refractivity contribution >= 4 is 33.1 Å². The van der Waals surface area contributed by atoms with E-state index in [4.69, 9.17) is 0 Å². The maximum atomic E-state index is 12.0. The molecule has 3 rings (SSSR count). The summed E-state index contributed by atoms with van der Waals surface area (Å²) in [5.41, 5.74) is 1.23. The van der Waals surface area contributed by atoms with Crippen molar-refractivity contribution in [2.45, 2.75) is 18.9 Å². The SMILES string of the molecule is O=Cc1cc(=O)n(C2CC2)c2cc(Br)ccc12. The number of nitrogens with zero attached hydrogens (tertiary/aromatic N) is 1. The molecule has 0 spiro atoms. The average molecular weight is 292 g/mol. The van der Waals surface area contributed by atoms with Crippen molar-refractivity contribution in [2.24, 2.45) is 0 Å². The van der Waals surface area contributed by atoms with Crippen molar-refractivity contribution in [2.75, 3.05) is 0 Å². The molecule has 2 aromatic rings. The number of pyridine rings is 1. The minimum Gasteiger partial charge on any atom is -0.305 e. The first-order valence-corrected chi connectivity index (χ1v) is 6.30. The summed E-state index contributed by atoms with van der Waals surface area (Å²) >= 11 is 3.40. The molecule has 1 aromatic carbocycles. The summed E-state index contributed by atoms with van der Waals surface area (Å²) in [4.78, 5) is 23.0. The molecule has 0 bridgehead atoms. The van der Waals surface area contributed by atoms with Gasteiger partial charge < -0.3 is 4.57 Å². The molecule has 1 heterocycles. The second kappa shape index (κ2) is 3.81. The minimum atomic E-state index is -0.0831. The fourth-order valence-electron chi connectivity index (χ4n) is 2.15. The molecule has 0 unspecified atom stereocenters. The van der Waals surface area contributed by atoms with Gasteiger partial charge in [0.1, 0.15) is 0 Å². The molecule has 0 amide bonds. The molecule has 0 radical (unpaired) electrons. The number of fused-ring (bicyclic) bond motifs is 1. The molecule has 4 heteroatoms. The van der Waals surface area contributed by atoms with Gasteiger partial charge in [-0.3, -0.25) is 9.59 Å². The van der Waals surface area contributed by atoms with Gasteiger partial charge in [0.05, 0.1) is 5.52 Å². The Labute approximate surface area is 106 Å². The van der Waals surface area contributed by atoms with E-state index in [2.05, 4.69) is 15.9 Å². The smallest absolute Gasteiger partial charge is 0.251 e. The monoisotopic (exact) mass is 291 g/mol. The summed E-state index contributed by atoms with van der Waals surface area (Å²) in [5.74, 6) is 0. The highest BCUT2D eigenvalue weighted by atomic mass is 79.9. The molecule has 1 aliphatic carbocycles. The van der Waals surface area contributed by atoms with Crippen LogP contribution in [0, 0.1) is 0 Å². The summed E-state index contributed by atoms with van der Waals surface area (Å²) in [5, 5.41) is 0.842. The lowest BCUT2D eigenvalue weighted by Gasteiger charge is -2.10. The number of carbonyl (C=O) groups is 1. The molecular formula is C13H10BrNO2. The number of hydrogen-bond donors (Lipinski definition) is 0. The maximum Gasteiger partial charge on any atom is 0.251 e. The van der Waals surface area contributed by atoms with E-state index in [-0.39, 0.29) is 5.56 Å². The fourth-order valence-corrected chi connectivity index (χ4v) is 2.50. The van der Waals surface area contributed by atoms with Crippen molar-refractivity contribution in [1.29, 1.82) is 0 Å². The Morgan fingerprint density at radius 1 is 1.29 bits per heavy atom. The van der Waals surface area contributed by atoms with Crippen LogP contribution in [0.25, 0.3) is 10.9 Å². The highest BCUT2D eigenvalue weighted by Crippen LogP contribution is 2.36. The average Bonchev–Trinajstić information content (AvgIpc) is 3.11. The number of hydrogen-bond acceptors (Lipinski definition) is 2. The highest BCUT2D eigenvalue weighted by molar-refractivity contribution is 9.10. The van der Waals surface area contributed by atoms with E-state index in [9.17, 15) is 9.59 Å². The lowest BCUT2D eigenvalue weighted by Crippen LogP contribution is -2.19. The van der Waals surface area contributed by atoms with E-state index in [1.54, 1.807) is 4.57 Å². The van der Waals surface area contributed by atoms with Crippen LogP contribution in [0.1, 0.15) is 29.2 Å². The Morgan fingerprint density at radius 3 is 2.71 bits per heavy atom. The number of rotatable bonds is 2. The Kier molecular flexibility index (Phi) is 2.40. The van der Waals surface area contributed by atoms with Crippen LogP contribution >= 0.6 is 15.9 Å². The first-order valence-electron chi connectivity index (χ1n) is 5.50. The molecule has 1 saturated carbocycles. The zero-order valence-corrected chi connectivity index (χ0v) is 10.6. The van der Waals surface area contributed by atoms with Gasteiger partial charge in [0.2, 0.25) is 0 Å². The van der Waals surface area contributed by atoms with Gasteiger partial charge in [-0.25, -0.2) is 0 Å². The largest absolute Gasteiger partial charge is 0.305 e. The van der Waals surface area contributed by atoms with Gasteiger partial charge >= 0.3 is 0 Å². The molecule has 0 N–H and O–H groups in total. The van der Waals surface area contributed by atoms with Crippen LogP contribution in [0.5, 0.6) is 0 Å². The Bertz CT molecular complexity index is 671. The van der Waals surface area contributed by atoms with Crippen LogP contribution in [0.15, 0.2) is 33.5 Å². The molecule has 86 valence electrons. The van der Waals surface area contributed by atoms with Gasteiger partial charge in [-0.15, -0.1) is 0 Å². The highest BCUT2D eigenvalue weighted by Gasteiger charge is 2.26. The quantitative estimate of drug-likeness (QED) is 0.798. The number of benzene rings is 1. The van der Waals surface area contributed by atoms with Gasteiger partial charge in [0, 0.05) is 27.5 Å². The zero-order chi connectivity index (χ0) is 12.0. The van der Waals surface area contributed by atoms with Crippen molar-refractivity contribution in [1.82, 2.24) is 4.57 Å². The van der Waals surface area contributed by atoms with Gasteiger partial charge in [0.15, 0.2) is 6.29 Å².